The van der Waals surface area contributed by atoms with Gasteiger partial charge < -0.3 is 15.5 Å². The summed E-state index contributed by atoms with van der Waals surface area (Å²) in [7, 11) is 0. The molecule has 0 saturated heterocycles. The van der Waals surface area contributed by atoms with Crippen LogP contribution in [0.1, 0.15) is 5.56 Å². The van der Waals surface area contributed by atoms with Crippen LogP contribution in [0.4, 0.5) is 20.8 Å². The third-order valence-electron chi connectivity index (χ3n) is 1.87. The van der Waals surface area contributed by atoms with Gasteiger partial charge in [0.15, 0.2) is 11.6 Å². The van der Waals surface area contributed by atoms with E-state index in [1.165, 1.54) is 6.07 Å². The smallest absolute Gasteiger partial charge is 0.317 e. The minimum atomic E-state index is -0.899. The van der Waals surface area contributed by atoms with E-state index in [0.29, 0.717) is 5.56 Å². The van der Waals surface area contributed by atoms with Gasteiger partial charge in [0.05, 0.1) is 0 Å². The average Bonchev–Trinajstić information content (AvgIpc) is 2.66. The predicted octanol–water partition coefficient (Wildman–Crippen LogP) is 1.54. The summed E-state index contributed by atoms with van der Waals surface area (Å²) in [6.07, 6.45) is 0. The van der Waals surface area contributed by atoms with Gasteiger partial charge in [-0.15, -0.1) is 0 Å². The van der Waals surface area contributed by atoms with E-state index in [1.807, 2.05) is 0 Å². The van der Waals surface area contributed by atoms with Crippen LogP contribution in [0.15, 0.2) is 22.6 Å². The summed E-state index contributed by atoms with van der Waals surface area (Å²) in [6.45, 7) is 0.235. The fraction of sp³-hybridized carbons (Fsp3) is 0.111. The Morgan fingerprint density at radius 3 is 2.69 bits per heavy atom. The highest BCUT2D eigenvalue weighted by atomic mass is 19.2. The van der Waals surface area contributed by atoms with Crippen molar-refractivity contribution in [2.45, 2.75) is 6.54 Å². The standard InChI is InChI=1S/C9H8F2N4O/c10-6-2-1-5(3-7(6)11)4-13-9-15-14-8(12)16-9/h1-3H,4H2,(H2,12,14)(H,13,15). The number of benzene rings is 1. The molecule has 0 aliphatic rings. The van der Waals surface area contributed by atoms with Gasteiger partial charge in [-0.2, -0.15) is 0 Å². The van der Waals surface area contributed by atoms with Gasteiger partial charge in [-0.3, -0.25) is 0 Å². The van der Waals surface area contributed by atoms with Crippen LogP contribution in [-0.2, 0) is 6.54 Å². The minimum Gasteiger partial charge on any atom is -0.390 e. The molecule has 3 N–H and O–H groups in total. The molecule has 0 saturated carbocycles. The van der Waals surface area contributed by atoms with Crippen LogP contribution in [0.5, 0.6) is 0 Å². The molecule has 0 radical (unpaired) electrons. The summed E-state index contributed by atoms with van der Waals surface area (Å²) in [6, 6.07) is 3.65. The zero-order chi connectivity index (χ0) is 11.5. The lowest BCUT2D eigenvalue weighted by Crippen LogP contribution is -2.00. The van der Waals surface area contributed by atoms with Crippen molar-refractivity contribution >= 4 is 12.0 Å². The molecule has 5 nitrogen and oxygen atoms in total. The van der Waals surface area contributed by atoms with Crippen LogP contribution in [0.2, 0.25) is 0 Å². The number of hydrogen-bond acceptors (Lipinski definition) is 5. The third-order valence-corrected chi connectivity index (χ3v) is 1.87. The van der Waals surface area contributed by atoms with E-state index >= 15 is 0 Å². The first kappa shape index (κ1) is 10.3. The first-order valence-corrected chi connectivity index (χ1v) is 4.42. The lowest BCUT2D eigenvalue weighted by Gasteiger charge is -2.01. The Hall–Kier alpha value is -2.18. The second-order valence-corrected chi connectivity index (χ2v) is 3.05. The number of halogens is 2. The Morgan fingerprint density at radius 1 is 1.25 bits per heavy atom. The second kappa shape index (κ2) is 4.13. The molecule has 16 heavy (non-hydrogen) atoms. The number of hydrogen-bond donors (Lipinski definition) is 2. The summed E-state index contributed by atoms with van der Waals surface area (Å²) in [5.74, 6) is -1.78. The zero-order valence-corrected chi connectivity index (χ0v) is 8.08. The molecule has 0 atom stereocenters. The van der Waals surface area contributed by atoms with E-state index in [9.17, 15) is 8.78 Å². The number of rotatable bonds is 3. The molecule has 0 amide bonds. The minimum absolute atomic E-state index is 0.0622. The maximum atomic E-state index is 12.8. The summed E-state index contributed by atoms with van der Waals surface area (Å²) in [5, 5.41) is 9.69. The molecule has 0 aliphatic carbocycles. The molecule has 84 valence electrons. The Balaban J connectivity index is 2.02. The first-order valence-electron chi connectivity index (χ1n) is 4.42. The number of nitrogens with zero attached hydrogens (tertiary/aromatic N) is 2. The Morgan fingerprint density at radius 2 is 2.06 bits per heavy atom. The Labute approximate surface area is 89.3 Å². The number of nitrogen functional groups attached to an aromatic ring is 1. The molecule has 0 fully saturated rings. The van der Waals surface area contributed by atoms with Crippen molar-refractivity contribution < 1.29 is 13.2 Å². The van der Waals surface area contributed by atoms with Crippen LogP contribution < -0.4 is 11.1 Å². The monoisotopic (exact) mass is 226 g/mol. The van der Waals surface area contributed by atoms with Gasteiger partial charge in [-0.05, 0) is 17.7 Å². The largest absolute Gasteiger partial charge is 0.390 e. The molecule has 0 aliphatic heterocycles. The topological polar surface area (TPSA) is 77.0 Å². The van der Waals surface area contributed by atoms with E-state index in [0.717, 1.165) is 12.1 Å². The number of aromatic nitrogens is 2. The molecule has 2 rings (SSSR count). The van der Waals surface area contributed by atoms with Crippen molar-refractivity contribution in [3.8, 4) is 0 Å². The van der Waals surface area contributed by atoms with Gasteiger partial charge in [-0.1, -0.05) is 16.3 Å². The van der Waals surface area contributed by atoms with Crippen molar-refractivity contribution in [3.63, 3.8) is 0 Å². The molecule has 0 unspecified atom stereocenters. The third kappa shape index (κ3) is 2.25. The molecule has 0 spiro atoms. The van der Waals surface area contributed by atoms with Gasteiger partial charge in [0.2, 0.25) is 0 Å². The summed E-state index contributed by atoms with van der Waals surface area (Å²) >= 11 is 0. The predicted molar refractivity (Wildman–Crippen MR) is 52.4 cm³/mol. The van der Waals surface area contributed by atoms with Crippen LogP contribution in [0.25, 0.3) is 0 Å². The second-order valence-electron chi connectivity index (χ2n) is 3.05. The molecular weight excluding hydrogens is 218 g/mol. The van der Waals surface area contributed by atoms with Crippen molar-refractivity contribution in [1.82, 2.24) is 10.2 Å². The normalized spacial score (nSPS) is 10.4. The fourth-order valence-electron chi connectivity index (χ4n) is 1.13. The quantitative estimate of drug-likeness (QED) is 0.830. The number of nitrogens with two attached hydrogens (primary N) is 1. The van der Waals surface area contributed by atoms with Gasteiger partial charge >= 0.3 is 12.0 Å². The van der Waals surface area contributed by atoms with E-state index < -0.39 is 11.6 Å². The van der Waals surface area contributed by atoms with Crippen LogP contribution in [-0.4, -0.2) is 10.2 Å². The van der Waals surface area contributed by atoms with Crippen LogP contribution >= 0.6 is 0 Å². The van der Waals surface area contributed by atoms with Gasteiger partial charge in [0.25, 0.3) is 0 Å². The highest BCUT2D eigenvalue weighted by Crippen LogP contribution is 2.11. The molecular formula is C9H8F2N4O. The maximum Gasteiger partial charge on any atom is 0.317 e. The Bertz CT molecular complexity index is 500. The molecule has 1 heterocycles. The zero-order valence-electron chi connectivity index (χ0n) is 8.08. The van der Waals surface area contributed by atoms with E-state index in [4.69, 9.17) is 10.2 Å². The van der Waals surface area contributed by atoms with Crippen molar-refractivity contribution in [1.29, 1.82) is 0 Å². The molecule has 7 heteroatoms. The van der Waals surface area contributed by atoms with Crippen molar-refractivity contribution in [3.05, 3.63) is 35.4 Å². The lowest BCUT2D eigenvalue weighted by molar-refractivity contribution is 0.507. The van der Waals surface area contributed by atoms with E-state index in [2.05, 4.69) is 15.5 Å². The van der Waals surface area contributed by atoms with Gasteiger partial charge in [0, 0.05) is 6.54 Å². The van der Waals surface area contributed by atoms with Crippen LogP contribution in [0, 0.1) is 11.6 Å². The summed E-state index contributed by atoms with van der Waals surface area (Å²) in [5.41, 5.74) is 5.75. The SMILES string of the molecule is Nc1nnc(NCc2ccc(F)c(F)c2)o1. The van der Waals surface area contributed by atoms with Crippen LogP contribution in [0.3, 0.4) is 0 Å². The fourth-order valence-corrected chi connectivity index (χ4v) is 1.13. The molecule has 1 aromatic heterocycles. The van der Waals surface area contributed by atoms with Gasteiger partial charge in [-0.25, -0.2) is 8.78 Å². The molecule has 2 aromatic rings. The highest BCUT2D eigenvalue weighted by Gasteiger charge is 2.04. The van der Waals surface area contributed by atoms with Gasteiger partial charge in [0.1, 0.15) is 0 Å². The van der Waals surface area contributed by atoms with Crippen molar-refractivity contribution in [2.24, 2.45) is 0 Å². The number of nitrogens with one attached hydrogen (secondary N) is 1. The molecule has 1 aromatic carbocycles. The maximum absolute atomic E-state index is 12.8. The first-order chi connectivity index (χ1) is 7.65. The summed E-state index contributed by atoms with van der Waals surface area (Å²) < 4.78 is 30.3. The lowest BCUT2D eigenvalue weighted by atomic mass is 10.2. The van der Waals surface area contributed by atoms with E-state index in [1.54, 1.807) is 0 Å². The Kier molecular flexibility index (Phi) is 2.67. The highest BCUT2D eigenvalue weighted by molar-refractivity contribution is 5.26. The number of anilines is 2. The molecule has 0 bridgehead atoms. The van der Waals surface area contributed by atoms with Crippen molar-refractivity contribution in [2.75, 3.05) is 11.1 Å². The average molecular weight is 226 g/mol. The summed E-state index contributed by atoms with van der Waals surface area (Å²) in [4.78, 5) is 0. The van der Waals surface area contributed by atoms with E-state index in [-0.39, 0.29) is 18.6 Å².